The molecule has 0 spiro atoms. The van der Waals surface area contributed by atoms with E-state index in [9.17, 15) is 5.11 Å². The molecule has 0 bridgehead atoms. The van der Waals surface area contributed by atoms with Gasteiger partial charge in [0.1, 0.15) is 23.8 Å². The maximum Gasteiger partial charge on any atom is 0.134 e. The predicted molar refractivity (Wildman–Crippen MR) is 62.6 cm³/mol. The van der Waals surface area contributed by atoms with Gasteiger partial charge in [-0.15, -0.1) is 0 Å². The Kier molecular flexibility index (Phi) is 3.44. The van der Waals surface area contributed by atoms with Gasteiger partial charge in [0.2, 0.25) is 0 Å². The Balaban J connectivity index is 2.01. The Morgan fingerprint density at radius 1 is 1.41 bits per heavy atom. The van der Waals surface area contributed by atoms with E-state index in [0.29, 0.717) is 12.4 Å². The summed E-state index contributed by atoms with van der Waals surface area (Å²) in [6.45, 7) is 3.92. The second-order valence-electron chi connectivity index (χ2n) is 3.97. The summed E-state index contributed by atoms with van der Waals surface area (Å²) in [5, 5.41) is 13.3. The molecule has 0 radical (unpaired) electrons. The number of benzene rings is 1. The van der Waals surface area contributed by atoms with Gasteiger partial charge in [0.25, 0.3) is 0 Å². The number of aromatic nitrogens is 1. The lowest BCUT2D eigenvalue weighted by molar-refractivity contribution is 0.198. The molecule has 1 unspecified atom stereocenters. The lowest BCUT2D eigenvalue weighted by Crippen LogP contribution is -1.97. The van der Waals surface area contributed by atoms with Crippen LogP contribution >= 0.6 is 0 Å². The van der Waals surface area contributed by atoms with Crippen molar-refractivity contribution >= 4 is 0 Å². The number of rotatable bonds is 4. The standard InChI is InChI=1S/C13H15NO3/c1-9-6-12(14-17-9)8-16-13-5-3-4-11(7-13)10(2)15/h3-7,10,15H,8H2,1-2H3. The van der Waals surface area contributed by atoms with Crippen LogP contribution in [0.3, 0.4) is 0 Å². The Labute approximate surface area is 99.8 Å². The van der Waals surface area contributed by atoms with Crippen molar-refractivity contribution in [3.05, 3.63) is 47.3 Å². The topological polar surface area (TPSA) is 55.5 Å². The van der Waals surface area contributed by atoms with Crippen molar-refractivity contribution in [2.24, 2.45) is 0 Å². The van der Waals surface area contributed by atoms with Crippen LogP contribution in [0.15, 0.2) is 34.9 Å². The minimum absolute atomic E-state index is 0.362. The third-order valence-corrected chi connectivity index (χ3v) is 2.40. The monoisotopic (exact) mass is 233 g/mol. The summed E-state index contributed by atoms with van der Waals surface area (Å²) in [6, 6.07) is 9.21. The average Bonchev–Trinajstić information content (AvgIpc) is 2.73. The normalized spacial score (nSPS) is 12.4. The van der Waals surface area contributed by atoms with Gasteiger partial charge in [-0.2, -0.15) is 0 Å². The lowest BCUT2D eigenvalue weighted by atomic mass is 10.1. The fraction of sp³-hybridized carbons (Fsp3) is 0.308. The average molecular weight is 233 g/mol. The van der Waals surface area contributed by atoms with Crippen molar-refractivity contribution in [1.82, 2.24) is 5.16 Å². The highest BCUT2D eigenvalue weighted by Crippen LogP contribution is 2.19. The smallest absolute Gasteiger partial charge is 0.134 e. The minimum Gasteiger partial charge on any atom is -0.487 e. The molecular weight excluding hydrogens is 218 g/mol. The zero-order chi connectivity index (χ0) is 12.3. The minimum atomic E-state index is -0.493. The summed E-state index contributed by atoms with van der Waals surface area (Å²) in [7, 11) is 0. The number of aliphatic hydroxyl groups excluding tert-OH is 1. The fourth-order valence-electron chi connectivity index (χ4n) is 1.51. The molecule has 1 aromatic carbocycles. The lowest BCUT2D eigenvalue weighted by Gasteiger charge is -2.08. The molecule has 0 aliphatic carbocycles. The van der Waals surface area contributed by atoms with Crippen LogP contribution in [0.1, 0.15) is 30.0 Å². The maximum atomic E-state index is 9.45. The van der Waals surface area contributed by atoms with Crippen LogP contribution in [0.5, 0.6) is 5.75 Å². The number of ether oxygens (including phenoxy) is 1. The number of aryl methyl sites for hydroxylation is 1. The highest BCUT2D eigenvalue weighted by molar-refractivity contribution is 5.29. The van der Waals surface area contributed by atoms with Crippen LogP contribution < -0.4 is 4.74 Å². The maximum absolute atomic E-state index is 9.45. The van der Waals surface area contributed by atoms with E-state index in [4.69, 9.17) is 9.26 Å². The molecule has 4 heteroatoms. The van der Waals surface area contributed by atoms with Crippen LogP contribution in [0.4, 0.5) is 0 Å². The van der Waals surface area contributed by atoms with E-state index in [1.165, 1.54) is 0 Å². The van der Waals surface area contributed by atoms with Gasteiger partial charge < -0.3 is 14.4 Å². The third kappa shape index (κ3) is 3.07. The molecular formula is C13H15NO3. The molecule has 90 valence electrons. The van der Waals surface area contributed by atoms with Gasteiger partial charge in [-0.05, 0) is 31.5 Å². The van der Waals surface area contributed by atoms with Gasteiger partial charge in [-0.1, -0.05) is 17.3 Å². The zero-order valence-electron chi connectivity index (χ0n) is 9.88. The molecule has 0 fully saturated rings. The van der Waals surface area contributed by atoms with Gasteiger partial charge in [0.15, 0.2) is 0 Å². The summed E-state index contributed by atoms with van der Waals surface area (Å²) in [5.41, 5.74) is 1.59. The first-order chi connectivity index (χ1) is 8.15. The molecule has 0 saturated heterocycles. The summed E-state index contributed by atoms with van der Waals surface area (Å²) in [5.74, 6) is 1.48. The first-order valence-electron chi connectivity index (χ1n) is 5.48. The summed E-state index contributed by atoms with van der Waals surface area (Å²) in [6.07, 6.45) is -0.493. The molecule has 4 nitrogen and oxygen atoms in total. The highest BCUT2D eigenvalue weighted by Gasteiger charge is 2.04. The van der Waals surface area contributed by atoms with Crippen molar-refractivity contribution < 1.29 is 14.4 Å². The predicted octanol–water partition coefficient (Wildman–Crippen LogP) is 2.62. The Morgan fingerprint density at radius 3 is 2.88 bits per heavy atom. The van der Waals surface area contributed by atoms with Crippen molar-refractivity contribution in [2.75, 3.05) is 0 Å². The molecule has 2 rings (SSSR count). The number of aliphatic hydroxyl groups is 1. The quantitative estimate of drug-likeness (QED) is 0.881. The highest BCUT2D eigenvalue weighted by atomic mass is 16.5. The van der Waals surface area contributed by atoms with E-state index in [2.05, 4.69) is 5.16 Å². The van der Waals surface area contributed by atoms with Crippen LogP contribution in [0.2, 0.25) is 0 Å². The first kappa shape index (κ1) is 11.7. The summed E-state index contributed by atoms with van der Waals surface area (Å²) in [4.78, 5) is 0. The van der Waals surface area contributed by atoms with Crippen molar-refractivity contribution in [2.45, 2.75) is 26.6 Å². The van der Waals surface area contributed by atoms with Crippen molar-refractivity contribution in [3.8, 4) is 5.75 Å². The summed E-state index contributed by atoms with van der Waals surface area (Å²) >= 11 is 0. The number of nitrogens with zero attached hydrogens (tertiary/aromatic N) is 1. The Bertz CT molecular complexity index is 491. The molecule has 1 heterocycles. The van der Waals surface area contributed by atoms with Gasteiger partial charge in [0.05, 0.1) is 6.10 Å². The molecule has 17 heavy (non-hydrogen) atoms. The second kappa shape index (κ2) is 5.01. The van der Waals surface area contributed by atoms with E-state index in [-0.39, 0.29) is 0 Å². The van der Waals surface area contributed by atoms with Crippen molar-refractivity contribution in [3.63, 3.8) is 0 Å². The third-order valence-electron chi connectivity index (χ3n) is 2.40. The van der Waals surface area contributed by atoms with Gasteiger partial charge in [-0.3, -0.25) is 0 Å². The van der Waals surface area contributed by atoms with E-state index in [1.807, 2.05) is 37.3 Å². The van der Waals surface area contributed by atoms with Crippen LogP contribution in [-0.2, 0) is 6.61 Å². The van der Waals surface area contributed by atoms with E-state index in [1.54, 1.807) is 6.92 Å². The largest absolute Gasteiger partial charge is 0.487 e. The van der Waals surface area contributed by atoms with Gasteiger partial charge >= 0.3 is 0 Å². The zero-order valence-corrected chi connectivity index (χ0v) is 9.88. The molecule has 1 aromatic heterocycles. The molecule has 1 atom stereocenters. The van der Waals surface area contributed by atoms with Crippen LogP contribution in [-0.4, -0.2) is 10.3 Å². The van der Waals surface area contributed by atoms with Crippen LogP contribution in [0, 0.1) is 6.92 Å². The van der Waals surface area contributed by atoms with Gasteiger partial charge in [-0.25, -0.2) is 0 Å². The van der Waals surface area contributed by atoms with E-state index >= 15 is 0 Å². The molecule has 0 saturated carbocycles. The fourth-order valence-corrected chi connectivity index (χ4v) is 1.51. The first-order valence-corrected chi connectivity index (χ1v) is 5.48. The SMILES string of the molecule is Cc1cc(COc2cccc(C(C)O)c2)no1. The van der Waals surface area contributed by atoms with E-state index < -0.39 is 6.10 Å². The summed E-state index contributed by atoms with van der Waals surface area (Å²) < 4.78 is 10.5. The second-order valence-corrected chi connectivity index (χ2v) is 3.97. The van der Waals surface area contributed by atoms with Crippen molar-refractivity contribution in [1.29, 1.82) is 0 Å². The molecule has 0 amide bonds. The number of hydrogen-bond acceptors (Lipinski definition) is 4. The Hall–Kier alpha value is -1.81. The molecule has 0 aliphatic heterocycles. The molecule has 1 N–H and O–H groups in total. The van der Waals surface area contributed by atoms with E-state index in [0.717, 1.165) is 17.0 Å². The number of hydrogen-bond donors (Lipinski definition) is 1. The Morgan fingerprint density at radius 2 is 2.24 bits per heavy atom. The van der Waals surface area contributed by atoms with Gasteiger partial charge in [0, 0.05) is 6.07 Å². The molecule has 0 aliphatic rings. The van der Waals surface area contributed by atoms with Crippen LogP contribution in [0.25, 0.3) is 0 Å². The molecule has 2 aromatic rings.